The summed E-state index contributed by atoms with van der Waals surface area (Å²) in [6.07, 6.45) is 1.48. The van der Waals surface area contributed by atoms with Crippen molar-refractivity contribution in [2.45, 2.75) is 44.7 Å². The lowest BCUT2D eigenvalue weighted by molar-refractivity contribution is -0.00232. The molecule has 0 radical (unpaired) electrons. The standard InChI is InChI=1S/C26H28FN7O2/c1-32-22-8-3-2-7-20(22)25(30-32)26(35)28-19-9-11-33(12-10-19)14-21-23-16-36-24(15-34(23)31-29-21)17-5-4-6-18(27)13-17/h2-8,13,19,24H,9-12,14-16H2,1H3,(H,28,35)/t24-/m1/s1. The number of halogens is 1. The predicted molar refractivity (Wildman–Crippen MR) is 130 cm³/mol. The fraction of sp³-hybridized carbons (Fsp3) is 0.385. The third-order valence-corrected chi connectivity index (χ3v) is 7.17. The van der Waals surface area contributed by atoms with Crippen molar-refractivity contribution in [2.24, 2.45) is 7.05 Å². The van der Waals surface area contributed by atoms with E-state index in [1.165, 1.54) is 12.1 Å². The van der Waals surface area contributed by atoms with Crippen LogP contribution in [0, 0.1) is 5.82 Å². The molecule has 4 heterocycles. The van der Waals surface area contributed by atoms with Crippen molar-refractivity contribution in [1.82, 2.24) is 35.0 Å². The summed E-state index contributed by atoms with van der Waals surface area (Å²) in [6.45, 7) is 3.31. The number of piperidine rings is 1. The van der Waals surface area contributed by atoms with Crippen LogP contribution in [0.25, 0.3) is 10.9 Å². The SMILES string of the molecule is Cn1nc(C(=O)NC2CCN(Cc3nnn4c3CO[C@@H](c3cccc(F)c3)C4)CC2)c2ccccc21. The van der Waals surface area contributed by atoms with Crippen molar-refractivity contribution in [3.63, 3.8) is 0 Å². The molecule has 1 amide bonds. The Hall–Kier alpha value is -3.63. The molecule has 1 N–H and O–H groups in total. The van der Waals surface area contributed by atoms with Gasteiger partial charge in [-0.1, -0.05) is 35.5 Å². The van der Waals surface area contributed by atoms with Gasteiger partial charge in [0, 0.05) is 38.1 Å². The van der Waals surface area contributed by atoms with Crippen LogP contribution in [0.5, 0.6) is 0 Å². The Morgan fingerprint density at radius 2 is 2.00 bits per heavy atom. The number of carbonyl (C=O) groups is 1. The van der Waals surface area contributed by atoms with Crippen LogP contribution in [-0.4, -0.2) is 54.7 Å². The van der Waals surface area contributed by atoms with Crippen LogP contribution in [0.15, 0.2) is 48.5 Å². The average Bonchev–Trinajstić information content (AvgIpc) is 3.46. The van der Waals surface area contributed by atoms with Crippen LogP contribution >= 0.6 is 0 Å². The molecule has 0 spiro atoms. The summed E-state index contributed by atoms with van der Waals surface area (Å²) in [7, 11) is 1.85. The lowest BCUT2D eigenvalue weighted by atomic mass is 10.0. The predicted octanol–water partition coefficient (Wildman–Crippen LogP) is 2.97. The van der Waals surface area contributed by atoms with Gasteiger partial charge in [-0.2, -0.15) is 5.10 Å². The molecule has 9 nitrogen and oxygen atoms in total. The van der Waals surface area contributed by atoms with E-state index in [9.17, 15) is 9.18 Å². The molecular formula is C26H28FN7O2. The molecule has 0 bridgehead atoms. The summed E-state index contributed by atoms with van der Waals surface area (Å²) in [5, 5.41) is 17.2. The van der Waals surface area contributed by atoms with E-state index in [1.807, 2.05) is 42.1 Å². The number of benzene rings is 2. The Kier molecular flexibility index (Phi) is 5.98. The number of hydrogen-bond donors (Lipinski definition) is 1. The molecule has 186 valence electrons. The fourth-order valence-electron chi connectivity index (χ4n) is 5.18. The van der Waals surface area contributed by atoms with E-state index in [2.05, 4.69) is 25.6 Å². The van der Waals surface area contributed by atoms with Gasteiger partial charge >= 0.3 is 0 Å². The molecule has 2 aromatic heterocycles. The lowest BCUT2D eigenvalue weighted by Crippen LogP contribution is -2.44. The summed E-state index contributed by atoms with van der Waals surface area (Å²) in [5.74, 6) is -0.392. The second-order valence-electron chi connectivity index (χ2n) is 9.53. The number of nitrogens with zero attached hydrogens (tertiary/aromatic N) is 6. The van der Waals surface area contributed by atoms with Crippen LogP contribution in [0.2, 0.25) is 0 Å². The van der Waals surface area contributed by atoms with E-state index in [4.69, 9.17) is 4.74 Å². The minimum atomic E-state index is -0.269. The van der Waals surface area contributed by atoms with Gasteiger partial charge in [0.25, 0.3) is 5.91 Å². The maximum Gasteiger partial charge on any atom is 0.272 e. The molecule has 36 heavy (non-hydrogen) atoms. The Morgan fingerprint density at radius 1 is 1.17 bits per heavy atom. The second-order valence-corrected chi connectivity index (χ2v) is 9.53. The quantitative estimate of drug-likeness (QED) is 0.464. The van der Waals surface area contributed by atoms with Gasteiger partial charge in [-0.3, -0.25) is 14.4 Å². The Morgan fingerprint density at radius 3 is 2.83 bits per heavy atom. The average molecular weight is 490 g/mol. The number of carbonyl (C=O) groups excluding carboxylic acids is 1. The van der Waals surface area contributed by atoms with Gasteiger partial charge in [-0.15, -0.1) is 5.10 Å². The van der Waals surface area contributed by atoms with Crippen molar-refractivity contribution in [1.29, 1.82) is 0 Å². The first-order valence-electron chi connectivity index (χ1n) is 12.3. The van der Waals surface area contributed by atoms with Crippen LogP contribution in [0.1, 0.15) is 46.4 Å². The van der Waals surface area contributed by atoms with Gasteiger partial charge in [0.15, 0.2) is 5.69 Å². The molecule has 10 heteroatoms. The monoisotopic (exact) mass is 489 g/mol. The van der Waals surface area contributed by atoms with E-state index < -0.39 is 0 Å². The summed E-state index contributed by atoms with van der Waals surface area (Å²) in [4.78, 5) is 15.3. The maximum absolute atomic E-state index is 13.6. The van der Waals surface area contributed by atoms with Crippen molar-refractivity contribution < 1.29 is 13.9 Å². The Balaban J connectivity index is 1.04. The molecule has 2 aliphatic heterocycles. The highest BCUT2D eigenvalue weighted by molar-refractivity contribution is 6.04. The number of amides is 1. The van der Waals surface area contributed by atoms with Crippen LogP contribution < -0.4 is 5.32 Å². The maximum atomic E-state index is 13.6. The van der Waals surface area contributed by atoms with Crippen molar-refractivity contribution in [3.8, 4) is 0 Å². The zero-order chi connectivity index (χ0) is 24.6. The smallest absolute Gasteiger partial charge is 0.272 e. The van der Waals surface area contributed by atoms with Gasteiger partial charge in [0.2, 0.25) is 0 Å². The summed E-state index contributed by atoms with van der Waals surface area (Å²) < 4.78 is 23.3. The largest absolute Gasteiger partial charge is 0.365 e. The van der Waals surface area contributed by atoms with Gasteiger partial charge < -0.3 is 10.1 Å². The van der Waals surface area contributed by atoms with E-state index in [0.717, 1.165) is 53.8 Å². The first-order valence-corrected chi connectivity index (χ1v) is 12.3. The highest BCUT2D eigenvalue weighted by atomic mass is 19.1. The topological polar surface area (TPSA) is 90.1 Å². The number of aromatic nitrogens is 5. The van der Waals surface area contributed by atoms with Crippen LogP contribution in [0.4, 0.5) is 4.39 Å². The van der Waals surface area contributed by atoms with E-state index in [-0.39, 0.29) is 23.9 Å². The summed E-state index contributed by atoms with van der Waals surface area (Å²) in [5.41, 5.74) is 4.11. The molecule has 2 aromatic carbocycles. The van der Waals surface area contributed by atoms with Crippen molar-refractivity contribution in [2.75, 3.05) is 13.1 Å². The van der Waals surface area contributed by atoms with E-state index in [0.29, 0.717) is 25.4 Å². The number of ether oxygens (including phenoxy) is 1. The first-order chi connectivity index (χ1) is 17.5. The van der Waals surface area contributed by atoms with Gasteiger partial charge in [-0.25, -0.2) is 9.07 Å². The van der Waals surface area contributed by atoms with E-state index >= 15 is 0 Å². The van der Waals surface area contributed by atoms with Crippen molar-refractivity contribution >= 4 is 16.8 Å². The number of hydrogen-bond acceptors (Lipinski definition) is 6. The number of likely N-dealkylation sites (tertiary alicyclic amines) is 1. The molecule has 0 saturated carbocycles. The molecule has 4 aromatic rings. The zero-order valence-corrected chi connectivity index (χ0v) is 20.1. The first kappa shape index (κ1) is 22.8. The molecule has 6 rings (SSSR count). The zero-order valence-electron chi connectivity index (χ0n) is 20.1. The van der Waals surface area contributed by atoms with Gasteiger partial charge in [0.1, 0.15) is 17.6 Å². The molecule has 1 saturated heterocycles. The Labute approximate surface area is 207 Å². The highest BCUT2D eigenvalue weighted by Gasteiger charge is 2.28. The molecule has 1 atom stereocenters. The number of para-hydroxylation sites is 1. The van der Waals surface area contributed by atoms with E-state index in [1.54, 1.807) is 10.7 Å². The summed E-state index contributed by atoms with van der Waals surface area (Å²) in [6, 6.07) is 14.4. The van der Waals surface area contributed by atoms with Gasteiger partial charge in [0.05, 0.1) is 24.4 Å². The third kappa shape index (κ3) is 4.38. The lowest BCUT2D eigenvalue weighted by Gasteiger charge is -2.32. The molecular weight excluding hydrogens is 461 g/mol. The highest BCUT2D eigenvalue weighted by Crippen LogP contribution is 2.28. The van der Waals surface area contributed by atoms with Crippen LogP contribution in [0.3, 0.4) is 0 Å². The minimum Gasteiger partial charge on any atom is -0.365 e. The second kappa shape index (κ2) is 9.44. The normalized spacial score (nSPS) is 18.9. The minimum absolute atomic E-state index is 0.110. The number of rotatable bonds is 5. The number of fused-ring (bicyclic) bond motifs is 2. The summed E-state index contributed by atoms with van der Waals surface area (Å²) >= 11 is 0. The fourth-order valence-corrected chi connectivity index (χ4v) is 5.18. The van der Waals surface area contributed by atoms with Crippen LogP contribution in [-0.2, 0) is 31.5 Å². The molecule has 2 aliphatic rings. The number of aryl methyl sites for hydroxylation is 1. The van der Waals surface area contributed by atoms with Gasteiger partial charge in [-0.05, 0) is 36.6 Å². The molecule has 0 aliphatic carbocycles. The third-order valence-electron chi connectivity index (χ3n) is 7.17. The number of nitrogens with one attached hydrogen (secondary N) is 1. The molecule has 0 unspecified atom stereocenters. The molecule has 1 fully saturated rings. The van der Waals surface area contributed by atoms with Crippen molar-refractivity contribution in [3.05, 3.63) is 77.0 Å². The Bertz CT molecular complexity index is 1410.